The van der Waals surface area contributed by atoms with Gasteiger partial charge in [-0.1, -0.05) is 12.1 Å². The number of hydrogen-bond acceptors (Lipinski definition) is 4. The molecule has 0 aliphatic heterocycles. The van der Waals surface area contributed by atoms with Crippen LogP contribution in [-0.4, -0.2) is 25.6 Å². The van der Waals surface area contributed by atoms with Gasteiger partial charge in [-0.3, -0.25) is 0 Å². The van der Waals surface area contributed by atoms with Crippen LogP contribution >= 0.6 is 0 Å². The Morgan fingerprint density at radius 3 is 2.59 bits per heavy atom. The molecule has 146 valence electrons. The number of nitrogens with zero attached hydrogens (tertiary/aromatic N) is 5. The SMILES string of the molecule is Cc1cc(F)ccc1-c1nc(N(C(N)=O)c2ccccc2F)c2ncn(C)c2n1. The van der Waals surface area contributed by atoms with E-state index in [1.165, 1.54) is 36.7 Å². The Morgan fingerprint density at radius 1 is 1.14 bits per heavy atom. The molecule has 0 spiro atoms. The first-order valence-electron chi connectivity index (χ1n) is 8.66. The third-order valence-electron chi connectivity index (χ3n) is 4.50. The molecule has 0 saturated carbocycles. The topological polar surface area (TPSA) is 89.9 Å². The molecule has 4 rings (SSSR count). The minimum Gasteiger partial charge on any atom is -0.351 e. The molecule has 0 bridgehead atoms. The van der Waals surface area contributed by atoms with Crippen LogP contribution < -0.4 is 10.6 Å². The van der Waals surface area contributed by atoms with Crippen LogP contribution in [0.1, 0.15) is 5.56 Å². The summed E-state index contributed by atoms with van der Waals surface area (Å²) < 4.78 is 29.6. The molecular weight excluding hydrogens is 378 g/mol. The second-order valence-electron chi connectivity index (χ2n) is 6.48. The molecule has 0 radical (unpaired) electrons. The summed E-state index contributed by atoms with van der Waals surface area (Å²) in [6, 6.07) is 8.98. The standard InChI is InChI=1S/C20H16F2N6O/c1-11-9-12(21)7-8-13(11)17-25-18-16(24-10-27(18)2)19(26-17)28(20(23)29)15-6-4-3-5-14(15)22/h3-10H,1-2H3,(H2,23,29). The Bertz CT molecular complexity index is 1250. The molecule has 2 aromatic carbocycles. The summed E-state index contributed by atoms with van der Waals surface area (Å²) >= 11 is 0. The zero-order valence-corrected chi connectivity index (χ0v) is 15.6. The summed E-state index contributed by atoms with van der Waals surface area (Å²) in [5, 5.41) is 0. The van der Waals surface area contributed by atoms with E-state index in [9.17, 15) is 13.6 Å². The summed E-state index contributed by atoms with van der Waals surface area (Å²) in [5.41, 5.74) is 7.38. The first-order chi connectivity index (χ1) is 13.9. The number of carbonyl (C=O) groups excluding carboxylic acids is 1. The van der Waals surface area contributed by atoms with Gasteiger partial charge in [0.25, 0.3) is 0 Å². The maximum Gasteiger partial charge on any atom is 0.325 e. The highest BCUT2D eigenvalue weighted by atomic mass is 19.1. The van der Waals surface area contributed by atoms with Gasteiger partial charge in [0.2, 0.25) is 0 Å². The fourth-order valence-electron chi connectivity index (χ4n) is 3.12. The van der Waals surface area contributed by atoms with Gasteiger partial charge in [0, 0.05) is 12.6 Å². The minimum absolute atomic E-state index is 0.0342. The van der Waals surface area contributed by atoms with Crippen molar-refractivity contribution in [3.8, 4) is 11.4 Å². The predicted molar refractivity (Wildman–Crippen MR) is 105 cm³/mol. The van der Waals surface area contributed by atoms with E-state index >= 15 is 0 Å². The number of anilines is 2. The zero-order valence-electron chi connectivity index (χ0n) is 15.6. The number of para-hydroxylation sites is 1. The molecule has 2 amide bonds. The van der Waals surface area contributed by atoms with Crippen molar-refractivity contribution < 1.29 is 13.6 Å². The van der Waals surface area contributed by atoms with Gasteiger partial charge in [-0.05, 0) is 42.8 Å². The third kappa shape index (κ3) is 3.16. The normalized spacial score (nSPS) is 11.0. The van der Waals surface area contributed by atoms with Crippen LogP contribution in [0.2, 0.25) is 0 Å². The number of halogens is 2. The molecule has 2 aromatic heterocycles. The monoisotopic (exact) mass is 394 g/mol. The number of hydrogen-bond donors (Lipinski definition) is 1. The van der Waals surface area contributed by atoms with E-state index in [1.807, 2.05) is 0 Å². The first-order valence-corrected chi connectivity index (χ1v) is 8.66. The summed E-state index contributed by atoms with van der Waals surface area (Å²) in [6.45, 7) is 1.72. The van der Waals surface area contributed by atoms with Crippen LogP contribution in [0.5, 0.6) is 0 Å². The second-order valence-corrected chi connectivity index (χ2v) is 6.48. The number of nitrogens with two attached hydrogens (primary N) is 1. The average Bonchev–Trinajstić information content (AvgIpc) is 3.04. The van der Waals surface area contributed by atoms with Gasteiger partial charge in [0.05, 0.1) is 12.0 Å². The highest BCUT2D eigenvalue weighted by Gasteiger charge is 2.26. The lowest BCUT2D eigenvalue weighted by molar-refractivity contribution is 0.256. The van der Waals surface area contributed by atoms with Crippen LogP contribution in [0.3, 0.4) is 0 Å². The van der Waals surface area contributed by atoms with Crippen molar-refractivity contribution in [2.45, 2.75) is 6.92 Å². The maximum absolute atomic E-state index is 14.5. The van der Waals surface area contributed by atoms with Crippen LogP contribution in [0.4, 0.5) is 25.1 Å². The Hall–Kier alpha value is -3.88. The molecule has 0 saturated heterocycles. The van der Waals surface area contributed by atoms with Gasteiger partial charge < -0.3 is 10.3 Å². The Labute approximate surface area is 164 Å². The van der Waals surface area contributed by atoms with E-state index in [-0.39, 0.29) is 22.8 Å². The number of rotatable bonds is 3. The van der Waals surface area contributed by atoms with Crippen molar-refractivity contribution in [1.29, 1.82) is 0 Å². The Balaban J connectivity index is 2.03. The van der Waals surface area contributed by atoms with E-state index in [0.717, 1.165) is 4.90 Å². The fraction of sp³-hybridized carbons (Fsp3) is 0.100. The number of urea groups is 1. The lowest BCUT2D eigenvalue weighted by Crippen LogP contribution is -2.33. The van der Waals surface area contributed by atoms with Crippen molar-refractivity contribution in [3.63, 3.8) is 0 Å². The number of carbonyl (C=O) groups is 1. The quantitative estimate of drug-likeness (QED) is 0.572. The van der Waals surface area contributed by atoms with Crippen LogP contribution in [0.15, 0.2) is 48.8 Å². The lowest BCUT2D eigenvalue weighted by atomic mass is 10.1. The predicted octanol–water partition coefficient (Wildman–Crippen LogP) is 3.83. The van der Waals surface area contributed by atoms with Crippen molar-refractivity contribution in [3.05, 3.63) is 66.0 Å². The number of fused-ring (bicyclic) bond motifs is 1. The molecular formula is C20H16F2N6O. The highest BCUT2D eigenvalue weighted by molar-refractivity contribution is 6.03. The number of imidazole rings is 1. The Morgan fingerprint density at radius 2 is 1.90 bits per heavy atom. The molecule has 4 aromatic rings. The number of amides is 2. The molecule has 7 nitrogen and oxygen atoms in total. The lowest BCUT2D eigenvalue weighted by Gasteiger charge is -2.21. The van der Waals surface area contributed by atoms with Crippen molar-refractivity contribution in [2.75, 3.05) is 4.90 Å². The van der Waals surface area contributed by atoms with Gasteiger partial charge in [0.1, 0.15) is 11.6 Å². The van der Waals surface area contributed by atoms with Gasteiger partial charge in [-0.2, -0.15) is 0 Å². The van der Waals surface area contributed by atoms with Crippen molar-refractivity contribution >= 4 is 28.7 Å². The molecule has 9 heteroatoms. The molecule has 0 fully saturated rings. The summed E-state index contributed by atoms with van der Waals surface area (Å²) in [5.74, 6) is -0.769. The van der Waals surface area contributed by atoms with Crippen molar-refractivity contribution in [1.82, 2.24) is 19.5 Å². The molecule has 0 unspecified atom stereocenters. The number of primary amides is 1. The summed E-state index contributed by atoms with van der Waals surface area (Å²) in [7, 11) is 1.73. The molecule has 0 aliphatic carbocycles. The van der Waals surface area contributed by atoms with Gasteiger partial charge in [-0.25, -0.2) is 33.4 Å². The third-order valence-corrected chi connectivity index (χ3v) is 4.50. The Kier molecular flexibility index (Phi) is 4.42. The zero-order chi connectivity index (χ0) is 20.7. The van der Waals surface area contributed by atoms with Gasteiger partial charge in [-0.15, -0.1) is 0 Å². The highest BCUT2D eigenvalue weighted by Crippen LogP contribution is 2.33. The minimum atomic E-state index is -0.928. The number of benzene rings is 2. The van der Waals surface area contributed by atoms with Crippen LogP contribution in [-0.2, 0) is 7.05 Å². The molecule has 29 heavy (non-hydrogen) atoms. The van der Waals surface area contributed by atoms with Gasteiger partial charge in [0.15, 0.2) is 22.8 Å². The largest absolute Gasteiger partial charge is 0.351 e. The van der Waals surface area contributed by atoms with E-state index < -0.39 is 17.7 Å². The number of aryl methyl sites for hydroxylation is 2. The molecule has 0 atom stereocenters. The smallest absolute Gasteiger partial charge is 0.325 e. The average molecular weight is 394 g/mol. The van der Waals surface area contributed by atoms with E-state index in [2.05, 4.69) is 15.0 Å². The van der Waals surface area contributed by atoms with E-state index in [1.54, 1.807) is 30.7 Å². The summed E-state index contributed by atoms with van der Waals surface area (Å²) in [6.07, 6.45) is 1.50. The van der Waals surface area contributed by atoms with Crippen LogP contribution in [0, 0.1) is 18.6 Å². The second kappa shape index (κ2) is 6.93. The van der Waals surface area contributed by atoms with E-state index in [0.29, 0.717) is 16.8 Å². The van der Waals surface area contributed by atoms with Crippen LogP contribution in [0.25, 0.3) is 22.6 Å². The van der Waals surface area contributed by atoms with E-state index in [4.69, 9.17) is 5.73 Å². The van der Waals surface area contributed by atoms with Crippen molar-refractivity contribution in [2.24, 2.45) is 12.8 Å². The molecule has 2 N–H and O–H groups in total. The number of aromatic nitrogens is 4. The summed E-state index contributed by atoms with van der Waals surface area (Å²) in [4.78, 5) is 26.5. The molecule has 0 aliphatic rings. The molecule has 2 heterocycles. The first kappa shape index (κ1) is 18.5. The maximum atomic E-state index is 14.5. The van der Waals surface area contributed by atoms with Gasteiger partial charge >= 0.3 is 6.03 Å². The fourth-order valence-corrected chi connectivity index (χ4v) is 3.12.